The van der Waals surface area contributed by atoms with Gasteiger partial charge in [0.15, 0.2) is 11.5 Å². The molecule has 1 aromatic heterocycles. The second-order valence-electron chi connectivity index (χ2n) is 7.44. The van der Waals surface area contributed by atoms with E-state index in [1.807, 2.05) is 13.8 Å². The molecule has 0 fully saturated rings. The Morgan fingerprint density at radius 1 is 1.10 bits per heavy atom. The summed E-state index contributed by atoms with van der Waals surface area (Å²) in [5, 5.41) is 7.16. The van der Waals surface area contributed by atoms with E-state index in [-0.39, 0.29) is 11.5 Å². The Balaban J connectivity index is 2.12. The summed E-state index contributed by atoms with van der Waals surface area (Å²) < 4.78 is 23.3. The van der Waals surface area contributed by atoms with Gasteiger partial charge in [-0.25, -0.2) is 0 Å². The molecule has 8 nitrogen and oxygen atoms in total. The van der Waals surface area contributed by atoms with Gasteiger partial charge in [-0.2, -0.15) is 5.10 Å². The summed E-state index contributed by atoms with van der Waals surface area (Å²) in [5.74, 6) is 1.45. The van der Waals surface area contributed by atoms with Crippen LogP contribution in [0.15, 0.2) is 30.1 Å². The fourth-order valence-electron chi connectivity index (χ4n) is 2.73. The summed E-state index contributed by atoms with van der Waals surface area (Å²) in [5.41, 5.74) is 1.61. The number of hydrogen-bond acceptors (Lipinski definition) is 6. The third kappa shape index (κ3) is 6.00. The fourth-order valence-corrected chi connectivity index (χ4v) is 2.73. The maximum atomic E-state index is 12.6. The highest BCUT2D eigenvalue weighted by Gasteiger charge is 2.17. The van der Waals surface area contributed by atoms with Gasteiger partial charge in [-0.05, 0) is 39.3 Å². The zero-order chi connectivity index (χ0) is 22.3. The smallest absolute Gasteiger partial charge is 0.251 e. The Morgan fingerprint density at radius 2 is 1.73 bits per heavy atom. The lowest BCUT2D eigenvalue weighted by Gasteiger charge is -2.22. The monoisotopic (exact) mass is 417 g/mol. The first-order valence-corrected chi connectivity index (χ1v) is 9.60. The van der Waals surface area contributed by atoms with Gasteiger partial charge in [-0.3, -0.25) is 9.48 Å². The Hall–Kier alpha value is -3.00. The number of benzene rings is 1. The molecule has 0 aliphatic heterocycles. The van der Waals surface area contributed by atoms with Crippen LogP contribution in [0.5, 0.6) is 17.2 Å². The van der Waals surface area contributed by atoms with Gasteiger partial charge in [-0.15, -0.1) is 0 Å². The van der Waals surface area contributed by atoms with Crippen molar-refractivity contribution in [3.8, 4) is 17.2 Å². The molecule has 30 heavy (non-hydrogen) atoms. The van der Waals surface area contributed by atoms with Crippen LogP contribution in [0.2, 0.25) is 0 Å². The van der Waals surface area contributed by atoms with Crippen molar-refractivity contribution in [3.63, 3.8) is 0 Å². The van der Waals surface area contributed by atoms with E-state index in [1.54, 1.807) is 70.6 Å². The lowest BCUT2D eigenvalue weighted by atomic mass is 10.1. The molecule has 0 bridgehead atoms. The van der Waals surface area contributed by atoms with Crippen LogP contribution in [0.25, 0.3) is 6.08 Å². The van der Waals surface area contributed by atoms with E-state index < -0.39 is 0 Å². The number of aryl methyl sites for hydroxylation is 1. The zero-order valence-electron chi connectivity index (χ0n) is 18.7. The summed E-state index contributed by atoms with van der Waals surface area (Å²) in [7, 11) is 6.37. The topological polar surface area (TPSA) is 83.8 Å². The van der Waals surface area contributed by atoms with Crippen molar-refractivity contribution in [2.75, 3.05) is 33.8 Å². The first-order chi connectivity index (χ1) is 14.2. The normalized spacial score (nSPS) is 11.9. The Bertz CT molecular complexity index is 902. The summed E-state index contributed by atoms with van der Waals surface area (Å²) >= 11 is 0. The van der Waals surface area contributed by atoms with Gasteiger partial charge in [0, 0.05) is 37.1 Å². The van der Waals surface area contributed by atoms with E-state index in [0.29, 0.717) is 40.6 Å². The molecule has 8 heteroatoms. The Morgan fingerprint density at radius 3 is 2.33 bits per heavy atom. The zero-order valence-corrected chi connectivity index (χ0v) is 18.7. The standard InChI is InChI=1S/C22H31N3O5/c1-15(10-16-11-19(28-5)20(29-6)12-18(16)27-4)21(26)24-17-13-23-25(14-17)9-8-22(2,3)30-7/h10-14H,8-9H2,1-7H3,(H,24,26)/b15-10+. The maximum absolute atomic E-state index is 12.6. The number of anilines is 1. The van der Waals surface area contributed by atoms with Crippen LogP contribution in [0.1, 0.15) is 32.8 Å². The fraction of sp³-hybridized carbons (Fsp3) is 0.455. The second kappa shape index (κ2) is 10.2. The molecule has 0 saturated heterocycles. The van der Waals surface area contributed by atoms with Gasteiger partial charge in [0.1, 0.15) is 5.75 Å². The van der Waals surface area contributed by atoms with Crippen LogP contribution in [-0.4, -0.2) is 49.7 Å². The van der Waals surface area contributed by atoms with E-state index in [0.717, 1.165) is 6.42 Å². The first-order valence-electron chi connectivity index (χ1n) is 9.60. The van der Waals surface area contributed by atoms with Gasteiger partial charge in [-0.1, -0.05) is 0 Å². The average molecular weight is 418 g/mol. The molecule has 0 saturated carbocycles. The minimum atomic E-state index is -0.233. The van der Waals surface area contributed by atoms with Crippen molar-refractivity contribution >= 4 is 17.7 Å². The molecule has 0 spiro atoms. The molecule has 1 heterocycles. The number of nitrogens with zero attached hydrogens (tertiary/aromatic N) is 2. The highest BCUT2D eigenvalue weighted by molar-refractivity contribution is 6.06. The van der Waals surface area contributed by atoms with E-state index >= 15 is 0 Å². The number of nitrogens with one attached hydrogen (secondary N) is 1. The number of rotatable bonds is 10. The van der Waals surface area contributed by atoms with Gasteiger partial charge in [0.05, 0.1) is 38.8 Å². The number of carbonyl (C=O) groups excluding carboxylic acids is 1. The molecule has 164 valence electrons. The summed E-state index contributed by atoms with van der Waals surface area (Å²) in [4.78, 5) is 12.6. The van der Waals surface area contributed by atoms with E-state index in [4.69, 9.17) is 18.9 Å². The molecular formula is C22H31N3O5. The van der Waals surface area contributed by atoms with Crippen LogP contribution in [0, 0.1) is 0 Å². The molecule has 0 aliphatic carbocycles. The van der Waals surface area contributed by atoms with Crippen LogP contribution in [0.4, 0.5) is 5.69 Å². The number of hydrogen-bond donors (Lipinski definition) is 1. The summed E-state index contributed by atoms with van der Waals surface area (Å²) in [6.07, 6.45) is 5.97. The molecule has 2 aromatic rings. The number of carbonyl (C=O) groups is 1. The highest BCUT2D eigenvalue weighted by atomic mass is 16.5. The predicted octanol–water partition coefficient (Wildman–Crippen LogP) is 3.77. The number of aromatic nitrogens is 2. The van der Waals surface area contributed by atoms with E-state index in [2.05, 4.69) is 10.4 Å². The van der Waals surface area contributed by atoms with E-state index in [1.165, 1.54) is 0 Å². The van der Waals surface area contributed by atoms with Crippen molar-refractivity contribution in [1.29, 1.82) is 0 Å². The number of ether oxygens (including phenoxy) is 4. The van der Waals surface area contributed by atoms with Crippen molar-refractivity contribution in [1.82, 2.24) is 9.78 Å². The van der Waals surface area contributed by atoms with Gasteiger partial charge >= 0.3 is 0 Å². The molecule has 1 amide bonds. The number of amides is 1. The highest BCUT2D eigenvalue weighted by Crippen LogP contribution is 2.35. The SMILES string of the molecule is COc1cc(OC)c(OC)cc1/C=C(\C)C(=O)Nc1cnn(CCC(C)(C)OC)c1. The van der Waals surface area contributed by atoms with Crippen LogP contribution in [-0.2, 0) is 16.1 Å². The second-order valence-corrected chi connectivity index (χ2v) is 7.44. The van der Waals surface area contributed by atoms with E-state index in [9.17, 15) is 4.79 Å². The van der Waals surface area contributed by atoms with Crippen molar-refractivity contribution in [2.24, 2.45) is 0 Å². The molecule has 0 radical (unpaired) electrons. The molecule has 0 atom stereocenters. The first kappa shape index (κ1) is 23.3. The Kier molecular flexibility index (Phi) is 7.88. The van der Waals surface area contributed by atoms with Crippen LogP contribution in [0.3, 0.4) is 0 Å². The van der Waals surface area contributed by atoms with Gasteiger partial charge in [0.2, 0.25) is 0 Å². The third-order valence-corrected chi connectivity index (χ3v) is 4.85. The van der Waals surface area contributed by atoms with Crippen LogP contribution < -0.4 is 19.5 Å². The lowest BCUT2D eigenvalue weighted by Crippen LogP contribution is -2.24. The van der Waals surface area contributed by atoms with Crippen LogP contribution >= 0.6 is 0 Å². The largest absolute Gasteiger partial charge is 0.496 e. The summed E-state index contributed by atoms with van der Waals surface area (Å²) in [6.45, 7) is 6.47. The van der Waals surface area contributed by atoms with Crippen molar-refractivity contribution in [3.05, 3.63) is 35.7 Å². The molecular weight excluding hydrogens is 386 g/mol. The maximum Gasteiger partial charge on any atom is 0.251 e. The molecule has 2 rings (SSSR count). The summed E-state index contributed by atoms with van der Waals surface area (Å²) in [6, 6.07) is 3.49. The van der Waals surface area contributed by atoms with Crippen molar-refractivity contribution < 1.29 is 23.7 Å². The molecule has 1 aromatic carbocycles. The third-order valence-electron chi connectivity index (χ3n) is 4.85. The van der Waals surface area contributed by atoms with Gasteiger partial charge in [0.25, 0.3) is 5.91 Å². The Labute approximate surface area is 177 Å². The minimum absolute atomic E-state index is 0.229. The quantitative estimate of drug-likeness (QED) is 0.593. The van der Waals surface area contributed by atoms with Crippen molar-refractivity contribution in [2.45, 2.75) is 39.3 Å². The molecule has 0 unspecified atom stereocenters. The lowest BCUT2D eigenvalue weighted by molar-refractivity contribution is -0.112. The minimum Gasteiger partial charge on any atom is -0.496 e. The number of methoxy groups -OCH3 is 4. The molecule has 0 aliphatic rings. The van der Waals surface area contributed by atoms with Gasteiger partial charge < -0.3 is 24.3 Å². The molecule has 1 N–H and O–H groups in total. The predicted molar refractivity (Wildman–Crippen MR) is 116 cm³/mol. The average Bonchev–Trinajstić information content (AvgIpc) is 3.19.